The molecule has 0 aliphatic carbocycles. The minimum Gasteiger partial charge on any atom is -0.369 e. The zero-order chi connectivity index (χ0) is 14.1. The molecule has 3 N–H and O–H groups in total. The van der Waals surface area contributed by atoms with Gasteiger partial charge in [0.1, 0.15) is 0 Å². The van der Waals surface area contributed by atoms with Gasteiger partial charge in [0.25, 0.3) is 0 Å². The molecule has 2 heterocycles. The van der Waals surface area contributed by atoms with E-state index in [1.54, 1.807) is 4.90 Å². The lowest BCUT2D eigenvalue weighted by atomic mass is 10.1. The molecule has 1 unspecified atom stereocenters. The maximum absolute atomic E-state index is 11.8. The Morgan fingerprint density at radius 3 is 2.95 bits per heavy atom. The van der Waals surface area contributed by atoms with Gasteiger partial charge in [0.05, 0.1) is 5.92 Å². The lowest BCUT2D eigenvalue weighted by Crippen LogP contribution is -2.30. The number of nitrogens with one attached hydrogen (secondary N) is 1. The topological polar surface area (TPSA) is 79.2 Å². The summed E-state index contributed by atoms with van der Waals surface area (Å²) in [6.07, 6.45) is 3.02. The smallest absolute Gasteiger partial charge is 0.223 e. The summed E-state index contributed by atoms with van der Waals surface area (Å²) in [7, 11) is 0. The van der Waals surface area contributed by atoms with Crippen LogP contribution in [0, 0.1) is 5.92 Å². The number of rotatable bonds is 4. The van der Waals surface area contributed by atoms with Crippen molar-refractivity contribution < 1.29 is 9.59 Å². The van der Waals surface area contributed by atoms with Crippen LogP contribution in [-0.4, -0.2) is 34.8 Å². The Hall–Kier alpha value is -2.30. The molecule has 2 aromatic rings. The molecule has 0 radical (unpaired) electrons. The fourth-order valence-electron chi connectivity index (χ4n) is 2.77. The fourth-order valence-corrected chi connectivity index (χ4v) is 2.77. The van der Waals surface area contributed by atoms with Crippen LogP contribution in [0.25, 0.3) is 10.9 Å². The van der Waals surface area contributed by atoms with E-state index in [0.29, 0.717) is 13.1 Å². The monoisotopic (exact) mass is 271 g/mol. The van der Waals surface area contributed by atoms with Gasteiger partial charge in [-0.15, -0.1) is 0 Å². The van der Waals surface area contributed by atoms with E-state index in [1.165, 1.54) is 10.9 Å². The zero-order valence-corrected chi connectivity index (χ0v) is 11.1. The summed E-state index contributed by atoms with van der Waals surface area (Å²) in [6.45, 7) is 1.08. The van der Waals surface area contributed by atoms with E-state index < -0.39 is 0 Å². The minimum absolute atomic E-state index is 0.0219. The summed E-state index contributed by atoms with van der Waals surface area (Å²) in [5.74, 6) is -0.688. The van der Waals surface area contributed by atoms with Crippen LogP contribution in [0.1, 0.15) is 12.0 Å². The number of fused-ring (bicyclic) bond motifs is 1. The quantitative estimate of drug-likeness (QED) is 0.871. The Bertz CT molecular complexity index is 662. The van der Waals surface area contributed by atoms with Crippen molar-refractivity contribution in [3.8, 4) is 0 Å². The van der Waals surface area contributed by atoms with Crippen LogP contribution in [-0.2, 0) is 16.0 Å². The number of carbonyl (C=O) groups excluding carboxylic acids is 2. The standard InChI is InChI=1S/C15H17N3O2/c16-15(20)11-7-14(19)18(9-11)6-5-10-8-17-13-4-2-1-3-12(10)13/h1-4,8,11,17H,5-7,9H2,(H2,16,20). The van der Waals surface area contributed by atoms with Crippen molar-refractivity contribution in [1.29, 1.82) is 0 Å². The Labute approximate surface area is 116 Å². The third kappa shape index (κ3) is 2.27. The molecule has 2 amide bonds. The number of hydrogen-bond acceptors (Lipinski definition) is 2. The van der Waals surface area contributed by atoms with Crippen molar-refractivity contribution in [3.63, 3.8) is 0 Å². The van der Waals surface area contributed by atoms with Crippen LogP contribution < -0.4 is 5.73 Å². The summed E-state index contributed by atoms with van der Waals surface area (Å²) in [5.41, 5.74) is 7.56. The van der Waals surface area contributed by atoms with E-state index in [-0.39, 0.29) is 24.2 Å². The normalized spacial score (nSPS) is 18.9. The van der Waals surface area contributed by atoms with Crippen molar-refractivity contribution >= 4 is 22.7 Å². The second kappa shape index (κ2) is 5.00. The van der Waals surface area contributed by atoms with Gasteiger partial charge in [0.2, 0.25) is 11.8 Å². The van der Waals surface area contributed by atoms with Crippen molar-refractivity contribution in [3.05, 3.63) is 36.0 Å². The number of likely N-dealkylation sites (tertiary alicyclic amines) is 1. The van der Waals surface area contributed by atoms with E-state index in [2.05, 4.69) is 11.1 Å². The van der Waals surface area contributed by atoms with E-state index in [1.807, 2.05) is 24.4 Å². The number of aromatic nitrogens is 1. The van der Waals surface area contributed by atoms with Crippen LogP contribution in [0.5, 0.6) is 0 Å². The molecule has 1 fully saturated rings. The third-order valence-electron chi connectivity index (χ3n) is 3.94. The Morgan fingerprint density at radius 2 is 2.20 bits per heavy atom. The molecule has 3 rings (SSSR count). The highest BCUT2D eigenvalue weighted by Crippen LogP contribution is 2.21. The minimum atomic E-state index is -0.382. The van der Waals surface area contributed by atoms with Gasteiger partial charge in [-0.1, -0.05) is 18.2 Å². The molecule has 1 atom stereocenters. The number of nitrogens with zero attached hydrogens (tertiary/aromatic N) is 1. The first-order valence-corrected chi connectivity index (χ1v) is 6.77. The van der Waals surface area contributed by atoms with Gasteiger partial charge in [-0.2, -0.15) is 0 Å². The van der Waals surface area contributed by atoms with E-state index in [4.69, 9.17) is 5.73 Å². The summed E-state index contributed by atoms with van der Waals surface area (Å²) < 4.78 is 0. The average Bonchev–Trinajstić information content (AvgIpc) is 3.00. The van der Waals surface area contributed by atoms with E-state index in [0.717, 1.165) is 11.9 Å². The summed E-state index contributed by atoms with van der Waals surface area (Å²) in [6, 6.07) is 8.09. The largest absolute Gasteiger partial charge is 0.369 e. The Balaban J connectivity index is 1.68. The molecule has 1 aliphatic heterocycles. The maximum Gasteiger partial charge on any atom is 0.223 e. The van der Waals surface area contributed by atoms with Crippen LogP contribution in [0.15, 0.2) is 30.5 Å². The van der Waals surface area contributed by atoms with Crippen LogP contribution in [0.2, 0.25) is 0 Å². The molecule has 0 saturated carbocycles. The Morgan fingerprint density at radius 1 is 1.40 bits per heavy atom. The fraction of sp³-hybridized carbons (Fsp3) is 0.333. The lowest BCUT2D eigenvalue weighted by Gasteiger charge is -2.15. The van der Waals surface area contributed by atoms with Crippen molar-refractivity contribution in [2.75, 3.05) is 13.1 Å². The van der Waals surface area contributed by atoms with Gasteiger partial charge in [0, 0.05) is 36.6 Å². The molecule has 20 heavy (non-hydrogen) atoms. The third-order valence-corrected chi connectivity index (χ3v) is 3.94. The molecule has 1 saturated heterocycles. The van der Waals surface area contributed by atoms with Crippen LogP contribution in [0.4, 0.5) is 0 Å². The molecule has 1 aromatic heterocycles. The lowest BCUT2D eigenvalue weighted by molar-refractivity contribution is -0.128. The predicted octanol–water partition coefficient (Wildman–Crippen LogP) is 1.04. The average molecular weight is 271 g/mol. The van der Waals surface area contributed by atoms with Gasteiger partial charge < -0.3 is 15.6 Å². The number of aromatic amines is 1. The van der Waals surface area contributed by atoms with Crippen LogP contribution in [0.3, 0.4) is 0 Å². The van der Waals surface area contributed by atoms with E-state index in [9.17, 15) is 9.59 Å². The molecule has 0 spiro atoms. The van der Waals surface area contributed by atoms with Gasteiger partial charge in [-0.05, 0) is 18.1 Å². The van der Waals surface area contributed by atoms with Crippen molar-refractivity contribution in [2.24, 2.45) is 11.7 Å². The first-order valence-electron chi connectivity index (χ1n) is 6.77. The zero-order valence-electron chi connectivity index (χ0n) is 11.1. The molecule has 5 heteroatoms. The molecule has 1 aromatic carbocycles. The second-order valence-electron chi connectivity index (χ2n) is 5.25. The number of para-hydroxylation sites is 1. The summed E-state index contributed by atoms with van der Waals surface area (Å²) in [5, 5.41) is 1.19. The number of hydrogen-bond donors (Lipinski definition) is 2. The molecular weight excluding hydrogens is 254 g/mol. The first-order chi connectivity index (χ1) is 9.65. The number of carbonyl (C=O) groups is 2. The number of nitrogens with two attached hydrogens (primary N) is 1. The number of primary amides is 1. The highest BCUT2D eigenvalue weighted by atomic mass is 16.2. The number of H-pyrrole nitrogens is 1. The highest BCUT2D eigenvalue weighted by molar-refractivity contribution is 5.88. The van der Waals surface area contributed by atoms with Gasteiger partial charge >= 0.3 is 0 Å². The molecular formula is C15H17N3O2. The summed E-state index contributed by atoms with van der Waals surface area (Å²) in [4.78, 5) is 27.9. The number of benzene rings is 1. The van der Waals surface area contributed by atoms with Crippen LogP contribution >= 0.6 is 0 Å². The summed E-state index contributed by atoms with van der Waals surface area (Å²) >= 11 is 0. The van der Waals surface area contributed by atoms with E-state index >= 15 is 0 Å². The SMILES string of the molecule is NC(=O)C1CC(=O)N(CCc2c[nH]c3ccccc23)C1. The van der Waals surface area contributed by atoms with Gasteiger partial charge in [0.15, 0.2) is 0 Å². The van der Waals surface area contributed by atoms with Gasteiger partial charge in [-0.3, -0.25) is 9.59 Å². The predicted molar refractivity (Wildman–Crippen MR) is 75.9 cm³/mol. The van der Waals surface area contributed by atoms with Gasteiger partial charge in [-0.25, -0.2) is 0 Å². The Kier molecular flexibility index (Phi) is 3.18. The number of amides is 2. The molecule has 104 valence electrons. The first kappa shape index (κ1) is 12.7. The maximum atomic E-state index is 11.8. The van der Waals surface area contributed by atoms with Crippen molar-refractivity contribution in [2.45, 2.75) is 12.8 Å². The molecule has 1 aliphatic rings. The molecule has 0 bridgehead atoms. The second-order valence-corrected chi connectivity index (χ2v) is 5.25. The molecule has 5 nitrogen and oxygen atoms in total. The highest BCUT2D eigenvalue weighted by Gasteiger charge is 2.32. The van der Waals surface area contributed by atoms with Crippen molar-refractivity contribution in [1.82, 2.24) is 9.88 Å².